The molecule has 0 radical (unpaired) electrons. The highest BCUT2D eigenvalue weighted by Gasteiger charge is 2.52. The molecule has 1 aromatic carbocycles. The molecule has 2 N–H and O–H groups in total. The van der Waals surface area contributed by atoms with E-state index in [0.717, 1.165) is 17.7 Å². The molecule has 2 aliphatic rings. The molecule has 4 amide bonds. The van der Waals surface area contributed by atoms with Crippen molar-refractivity contribution in [2.24, 2.45) is 0 Å². The van der Waals surface area contributed by atoms with E-state index < -0.39 is 17.5 Å². The largest absolute Gasteiger partial charge is 0.490 e. The lowest BCUT2D eigenvalue weighted by atomic mass is 9.98. The Balaban J connectivity index is 1.66. The van der Waals surface area contributed by atoms with E-state index in [1.807, 2.05) is 13.8 Å². The van der Waals surface area contributed by atoms with Crippen LogP contribution in [0.1, 0.15) is 39.5 Å². The maximum atomic E-state index is 12.6. The zero-order valence-corrected chi connectivity index (χ0v) is 15.7. The van der Waals surface area contributed by atoms with Crippen LogP contribution in [0.5, 0.6) is 11.5 Å². The summed E-state index contributed by atoms with van der Waals surface area (Å²) in [6.07, 6.45) is 3.06. The van der Waals surface area contributed by atoms with Gasteiger partial charge >= 0.3 is 6.03 Å². The van der Waals surface area contributed by atoms with Crippen LogP contribution in [-0.2, 0) is 9.59 Å². The van der Waals surface area contributed by atoms with Gasteiger partial charge in [0.15, 0.2) is 11.5 Å². The predicted octanol–water partition coefficient (Wildman–Crippen LogP) is 2.29. The SMILES string of the molecule is CCOc1ccc(NC(=O)CN2C(=O)NC3(CCCC3)C2=O)cc1OCC. The summed E-state index contributed by atoms with van der Waals surface area (Å²) in [5.74, 6) is 0.369. The molecule has 0 unspecified atom stereocenters. The molecule has 0 atom stereocenters. The van der Waals surface area contributed by atoms with E-state index in [2.05, 4.69) is 10.6 Å². The van der Waals surface area contributed by atoms with Crippen molar-refractivity contribution in [2.45, 2.75) is 45.1 Å². The molecular weight excluding hydrogens is 350 g/mol. The second kappa shape index (κ2) is 7.85. The lowest BCUT2D eigenvalue weighted by molar-refractivity contribution is -0.133. The van der Waals surface area contributed by atoms with Gasteiger partial charge in [0.1, 0.15) is 12.1 Å². The van der Waals surface area contributed by atoms with Gasteiger partial charge in [-0.25, -0.2) is 4.79 Å². The first kappa shape index (κ1) is 19.0. The van der Waals surface area contributed by atoms with E-state index in [-0.39, 0.29) is 12.5 Å². The third-order valence-electron chi connectivity index (χ3n) is 4.83. The highest BCUT2D eigenvalue weighted by molar-refractivity contribution is 6.10. The lowest BCUT2D eigenvalue weighted by Gasteiger charge is -2.19. The Morgan fingerprint density at radius 1 is 1.15 bits per heavy atom. The molecule has 2 fully saturated rings. The topological polar surface area (TPSA) is 97.0 Å². The Morgan fingerprint density at radius 2 is 1.81 bits per heavy atom. The van der Waals surface area contributed by atoms with Crippen LogP contribution in [0.4, 0.5) is 10.5 Å². The monoisotopic (exact) mass is 375 g/mol. The van der Waals surface area contributed by atoms with Crippen LogP contribution in [0, 0.1) is 0 Å². The van der Waals surface area contributed by atoms with Crippen molar-refractivity contribution in [1.29, 1.82) is 0 Å². The maximum absolute atomic E-state index is 12.6. The van der Waals surface area contributed by atoms with Crippen molar-refractivity contribution in [3.8, 4) is 11.5 Å². The molecule has 1 saturated carbocycles. The zero-order valence-electron chi connectivity index (χ0n) is 15.7. The van der Waals surface area contributed by atoms with Crippen LogP contribution in [-0.4, -0.2) is 48.0 Å². The maximum Gasteiger partial charge on any atom is 0.325 e. The van der Waals surface area contributed by atoms with Crippen LogP contribution < -0.4 is 20.1 Å². The number of hydrogen-bond donors (Lipinski definition) is 2. The minimum Gasteiger partial charge on any atom is -0.490 e. The van der Waals surface area contributed by atoms with Crippen molar-refractivity contribution >= 4 is 23.5 Å². The number of urea groups is 1. The number of carbonyl (C=O) groups is 3. The fourth-order valence-corrected chi connectivity index (χ4v) is 3.61. The number of ether oxygens (including phenoxy) is 2. The number of nitrogens with one attached hydrogen (secondary N) is 2. The molecule has 8 nitrogen and oxygen atoms in total. The molecule has 3 rings (SSSR count). The molecule has 0 bridgehead atoms. The number of imide groups is 1. The molecule has 1 aliphatic heterocycles. The van der Waals surface area contributed by atoms with Gasteiger partial charge in [0.25, 0.3) is 5.91 Å². The van der Waals surface area contributed by atoms with E-state index in [0.29, 0.717) is 43.2 Å². The predicted molar refractivity (Wildman–Crippen MR) is 98.9 cm³/mol. The number of amides is 4. The summed E-state index contributed by atoms with van der Waals surface area (Å²) in [4.78, 5) is 38.2. The summed E-state index contributed by atoms with van der Waals surface area (Å²) in [5, 5.41) is 5.48. The fourth-order valence-electron chi connectivity index (χ4n) is 3.61. The van der Waals surface area contributed by atoms with Gasteiger partial charge in [0.05, 0.1) is 13.2 Å². The summed E-state index contributed by atoms with van der Waals surface area (Å²) in [7, 11) is 0. The second-order valence-corrected chi connectivity index (χ2v) is 6.69. The molecule has 1 spiro atoms. The van der Waals surface area contributed by atoms with Gasteiger partial charge in [0.2, 0.25) is 5.91 Å². The van der Waals surface area contributed by atoms with E-state index in [9.17, 15) is 14.4 Å². The average molecular weight is 375 g/mol. The fraction of sp³-hybridized carbons (Fsp3) is 0.526. The minimum absolute atomic E-state index is 0.304. The first-order chi connectivity index (χ1) is 13.0. The van der Waals surface area contributed by atoms with Gasteiger partial charge in [-0.3, -0.25) is 14.5 Å². The number of nitrogens with zero attached hydrogens (tertiary/aromatic N) is 1. The second-order valence-electron chi connectivity index (χ2n) is 6.69. The Labute approximate surface area is 158 Å². The summed E-state index contributed by atoms with van der Waals surface area (Å²) in [5.41, 5.74) is -0.298. The molecular formula is C19H25N3O5. The van der Waals surface area contributed by atoms with Gasteiger partial charge in [-0.2, -0.15) is 0 Å². The Hall–Kier alpha value is -2.77. The van der Waals surface area contributed by atoms with Crippen LogP contribution in [0.15, 0.2) is 18.2 Å². The third kappa shape index (κ3) is 3.84. The highest BCUT2D eigenvalue weighted by atomic mass is 16.5. The Bertz CT molecular complexity index is 743. The molecule has 27 heavy (non-hydrogen) atoms. The van der Waals surface area contributed by atoms with E-state index in [4.69, 9.17) is 9.47 Å². The van der Waals surface area contributed by atoms with Gasteiger partial charge in [-0.05, 0) is 38.8 Å². The van der Waals surface area contributed by atoms with Crippen LogP contribution >= 0.6 is 0 Å². The zero-order chi connectivity index (χ0) is 19.4. The van der Waals surface area contributed by atoms with Gasteiger partial charge in [-0.15, -0.1) is 0 Å². The quantitative estimate of drug-likeness (QED) is 0.713. The van der Waals surface area contributed by atoms with E-state index in [1.54, 1.807) is 18.2 Å². The summed E-state index contributed by atoms with van der Waals surface area (Å²) >= 11 is 0. The first-order valence-electron chi connectivity index (χ1n) is 9.32. The molecule has 1 aromatic rings. The Morgan fingerprint density at radius 3 is 2.48 bits per heavy atom. The summed E-state index contributed by atoms with van der Waals surface area (Å²) < 4.78 is 11.0. The normalized spacial score (nSPS) is 17.9. The number of benzene rings is 1. The number of carbonyl (C=O) groups excluding carboxylic acids is 3. The van der Waals surface area contributed by atoms with Crippen molar-refractivity contribution in [2.75, 3.05) is 25.1 Å². The lowest BCUT2D eigenvalue weighted by Crippen LogP contribution is -2.44. The van der Waals surface area contributed by atoms with Gasteiger partial charge in [-0.1, -0.05) is 12.8 Å². The first-order valence-corrected chi connectivity index (χ1v) is 9.32. The van der Waals surface area contributed by atoms with Crippen LogP contribution in [0.3, 0.4) is 0 Å². The van der Waals surface area contributed by atoms with Crippen molar-refractivity contribution in [1.82, 2.24) is 10.2 Å². The van der Waals surface area contributed by atoms with Crippen molar-refractivity contribution in [3.63, 3.8) is 0 Å². The molecule has 8 heteroatoms. The molecule has 1 aliphatic carbocycles. The summed E-state index contributed by atoms with van der Waals surface area (Å²) in [6.45, 7) is 4.38. The highest BCUT2D eigenvalue weighted by Crippen LogP contribution is 2.35. The standard InChI is InChI=1S/C19H25N3O5/c1-3-26-14-8-7-13(11-15(14)27-4-2)20-16(23)12-22-17(24)19(21-18(22)25)9-5-6-10-19/h7-8,11H,3-6,9-10,12H2,1-2H3,(H,20,23)(H,21,25). The Kier molecular flexibility index (Phi) is 5.53. The number of rotatable bonds is 7. The molecule has 0 aromatic heterocycles. The number of hydrogen-bond acceptors (Lipinski definition) is 5. The van der Waals surface area contributed by atoms with Crippen molar-refractivity contribution in [3.05, 3.63) is 18.2 Å². The van der Waals surface area contributed by atoms with Gasteiger partial charge in [0, 0.05) is 11.8 Å². The van der Waals surface area contributed by atoms with E-state index >= 15 is 0 Å². The molecule has 1 saturated heterocycles. The summed E-state index contributed by atoms with van der Waals surface area (Å²) in [6, 6.07) is 4.57. The van der Waals surface area contributed by atoms with Crippen LogP contribution in [0.25, 0.3) is 0 Å². The third-order valence-corrected chi connectivity index (χ3v) is 4.83. The van der Waals surface area contributed by atoms with E-state index in [1.165, 1.54) is 0 Å². The smallest absolute Gasteiger partial charge is 0.325 e. The number of anilines is 1. The average Bonchev–Trinajstić information content (AvgIpc) is 3.19. The minimum atomic E-state index is -0.807. The van der Waals surface area contributed by atoms with Gasteiger partial charge < -0.3 is 20.1 Å². The van der Waals surface area contributed by atoms with Crippen molar-refractivity contribution < 1.29 is 23.9 Å². The van der Waals surface area contributed by atoms with Crippen LogP contribution in [0.2, 0.25) is 0 Å². The molecule has 146 valence electrons. The molecule has 1 heterocycles.